The molecule has 1 aromatic heterocycles. The van der Waals surface area contributed by atoms with Crippen LogP contribution in [0.4, 0.5) is 15.9 Å². The smallest absolute Gasteiger partial charge is 0.237 e. The predicted octanol–water partition coefficient (Wildman–Crippen LogP) is 2.29. The first-order valence-corrected chi connectivity index (χ1v) is 9.27. The standard InChI is InChI=1S/C20H23FN4O2/c1-27-20-14(12-23-19(26)16-6-4-9-22-16)11-15(21)18(24-20)25-10-8-13-5-2-3-7-17(13)25/h2-3,5,7,11,16,22H,4,6,8-10,12H2,1H3,(H,23,26)/t16-/m0/s1. The molecular formula is C20H23FN4O2. The number of pyridine rings is 1. The number of amides is 1. The number of nitrogens with one attached hydrogen (secondary N) is 2. The molecule has 2 aliphatic heterocycles. The molecule has 2 N–H and O–H groups in total. The maximum atomic E-state index is 14.9. The number of hydrogen-bond donors (Lipinski definition) is 2. The number of benzene rings is 1. The molecule has 27 heavy (non-hydrogen) atoms. The fraction of sp³-hybridized carbons (Fsp3) is 0.400. The van der Waals surface area contributed by atoms with Gasteiger partial charge < -0.3 is 20.3 Å². The molecule has 4 rings (SSSR count). The maximum Gasteiger partial charge on any atom is 0.237 e. The number of aromatic nitrogens is 1. The Balaban J connectivity index is 1.55. The van der Waals surface area contributed by atoms with Crippen LogP contribution in [0.2, 0.25) is 0 Å². The first-order chi connectivity index (χ1) is 13.2. The number of fused-ring (bicyclic) bond motifs is 1. The summed E-state index contributed by atoms with van der Waals surface area (Å²) in [6.45, 7) is 1.71. The van der Waals surface area contributed by atoms with E-state index in [-0.39, 0.29) is 24.3 Å². The monoisotopic (exact) mass is 370 g/mol. The quantitative estimate of drug-likeness (QED) is 0.845. The van der Waals surface area contributed by atoms with E-state index in [0.717, 1.165) is 31.5 Å². The van der Waals surface area contributed by atoms with E-state index in [1.54, 1.807) is 0 Å². The molecule has 0 radical (unpaired) electrons. The molecule has 0 bridgehead atoms. The highest BCUT2D eigenvalue weighted by molar-refractivity contribution is 5.82. The molecule has 142 valence electrons. The number of carbonyl (C=O) groups is 1. The normalized spacial score (nSPS) is 18.4. The van der Waals surface area contributed by atoms with Gasteiger partial charge in [0.15, 0.2) is 11.6 Å². The van der Waals surface area contributed by atoms with Crippen molar-refractivity contribution in [2.45, 2.75) is 31.8 Å². The molecule has 0 spiro atoms. The third-order valence-corrected chi connectivity index (χ3v) is 5.16. The van der Waals surface area contributed by atoms with Crippen molar-refractivity contribution < 1.29 is 13.9 Å². The zero-order valence-corrected chi connectivity index (χ0v) is 15.3. The molecule has 0 saturated carbocycles. The van der Waals surface area contributed by atoms with Crippen LogP contribution in [0.25, 0.3) is 0 Å². The molecule has 2 aliphatic rings. The summed E-state index contributed by atoms with van der Waals surface area (Å²) < 4.78 is 20.2. The molecule has 1 amide bonds. The Bertz CT molecular complexity index is 852. The van der Waals surface area contributed by atoms with Crippen molar-refractivity contribution in [1.29, 1.82) is 0 Å². The first-order valence-electron chi connectivity index (χ1n) is 9.27. The number of carbonyl (C=O) groups excluding carboxylic acids is 1. The van der Waals surface area contributed by atoms with Crippen molar-refractivity contribution in [2.75, 3.05) is 25.1 Å². The topological polar surface area (TPSA) is 66.5 Å². The molecule has 1 atom stereocenters. The van der Waals surface area contributed by atoms with Gasteiger partial charge in [0.1, 0.15) is 0 Å². The Hall–Kier alpha value is -2.67. The summed E-state index contributed by atoms with van der Waals surface area (Å²) in [5, 5.41) is 5.99. The second kappa shape index (κ2) is 7.52. The molecular weight excluding hydrogens is 347 g/mol. The number of ether oxygens (including phenoxy) is 1. The highest BCUT2D eigenvalue weighted by Gasteiger charge is 2.26. The zero-order chi connectivity index (χ0) is 18.8. The number of nitrogens with zero attached hydrogens (tertiary/aromatic N) is 2. The largest absolute Gasteiger partial charge is 0.481 e. The van der Waals surface area contributed by atoms with E-state index in [1.165, 1.54) is 18.7 Å². The van der Waals surface area contributed by atoms with Crippen LogP contribution in [0, 0.1) is 5.82 Å². The van der Waals surface area contributed by atoms with E-state index < -0.39 is 5.82 Å². The summed E-state index contributed by atoms with van der Waals surface area (Å²) in [6, 6.07) is 9.17. The van der Waals surface area contributed by atoms with Crippen molar-refractivity contribution in [3.05, 3.63) is 47.3 Å². The van der Waals surface area contributed by atoms with Crippen LogP contribution in [0.1, 0.15) is 24.0 Å². The highest BCUT2D eigenvalue weighted by atomic mass is 19.1. The van der Waals surface area contributed by atoms with Gasteiger partial charge in [-0.15, -0.1) is 0 Å². The van der Waals surface area contributed by atoms with E-state index in [2.05, 4.69) is 15.6 Å². The molecule has 0 aliphatic carbocycles. The Labute approximate surface area is 157 Å². The summed E-state index contributed by atoms with van der Waals surface area (Å²) in [5.41, 5.74) is 2.68. The summed E-state index contributed by atoms with van der Waals surface area (Å²) in [6.07, 6.45) is 2.66. The minimum Gasteiger partial charge on any atom is -0.481 e. The van der Waals surface area contributed by atoms with Gasteiger partial charge in [0.25, 0.3) is 0 Å². The van der Waals surface area contributed by atoms with Crippen molar-refractivity contribution in [2.24, 2.45) is 0 Å². The molecule has 0 unspecified atom stereocenters. The van der Waals surface area contributed by atoms with Crippen LogP contribution in [0.3, 0.4) is 0 Å². The van der Waals surface area contributed by atoms with Crippen LogP contribution in [-0.4, -0.2) is 37.1 Å². The van der Waals surface area contributed by atoms with Gasteiger partial charge in [0, 0.05) is 24.3 Å². The molecule has 1 fully saturated rings. The molecule has 1 saturated heterocycles. The van der Waals surface area contributed by atoms with Crippen molar-refractivity contribution >= 4 is 17.4 Å². The highest BCUT2D eigenvalue weighted by Crippen LogP contribution is 2.36. The number of rotatable bonds is 5. The minimum absolute atomic E-state index is 0.0764. The molecule has 6 nitrogen and oxygen atoms in total. The van der Waals surface area contributed by atoms with Gasteiger partial charge >= 0.3 is 0 Å². The average Bonchev–Trinajstić information content (AvgIpc) is 3.36. The van der Waals surface area contributed by atoms with E-state index in [9.17, 15) is 9.18 Å². The van der Waals surface area contributed by atoms with Gasteiger partial charge in [-0.3, -0.25) is 4.79 Å². The van der Waals surface area contributed by atoms with Gasteiger partial charge in [-0.05, 0) is 43.5 Å². The van der Waals surface area contributed by atoms with Crippen molar-refractivity contribution in [3.63, 3.8) is 0 Å². The second-order valence-corrected chi connectivity index (χ2v) is 6.86. The second-order valence-electron chi connectivity index (χ2n) is 6.86. The summed E-state index contributed by atoms with van der Waals surface area (Å²) >= 11 is 0. The van der Waals surface area contributed by atoms with Crippen molar-refractivity contribution in [1.82, 2.24) is 15.6 Å². The van der Waals surface area contributed by atoms with Crippen molar-refractivity contribution in [3.8, 4) is 5.88 Å². The third kappa shape index (κ3) is 3.47. The van der Waals surface area contributed by atoms with Gasteiger partial charge in [-0.25, -0.2) is 4.39 Å². The molecule has 7 heteroatoms. The minimum atomic E-state index is -0.421. The average molecular weight is 370 g/mol. The number of anilines is 2. The third-order valence-electron chi connectivity index (χ3n) is 5.16. The Morgan fingerprint density at radius 1 is 1.44 bits per heavy atom. The summed E-state index contributed by atoms with van der Waals surface area (Å²) in [4.78, 5) is 18.5. The van der Waals surface area contributed by atoms with E-state index in [0.29, 0.717) is 18.0 Å². The van der Waals surface area contributed by atoms with E-state index in [1.807, 2.05) is 29.2 Å². The Morgan fingerprint density at radius 2 is 2.30 bits per heavy atom. The molecule has 2 aromatic rings. The summed E-state index contributed by atoms with van der Waals surface area (Å²) in [5.74, 6) is 0.0862. The number of para-hydroxylation sites is 1. The van der Waals surface area contributed by atoms with Crippen LogP contribution in [0.5, 0.6) is 5.88 Å². The lowest BCUT2D eigenvalue weighted by molar-refractivity contribution is -0.122. The fourth-order valence-electron chi connectivity index (χ4n) is 3.77. The first kappa shape index (κ1) is 17.7. The van der Waals surface area contributed by atoms with Crippen LogP contribution < -0.4 is 20.3 Å². The fourth-order valence-corrected chi connectivity index (χ4v) is 3.77. The van der Waals surface area contributed by atoms with Gasteiger partial charge in [0.05, 0.1) is 13.2 Å². The van der Waals surface area contributed by atoms with Crippen LogP contribution >= 0.6 is 0 Å². The van der Waals surface area contributed by atoms with E-state index in [4.69, 9.17) is 4.74 Å². The SMILES string of the molecule is COc1nc(N2CCc3ccccc32)c(F)cc1CNC(=O)[C@@H]1CCCN1. The van der Waals surface area contributed by atoms with Gasteiger partial charge in [-0.2, -0.15) is 4.98 Å². The lowest BCUT2D eigenvalue weighted by Gasteiger charge is -2.21. The van der Waals surface area contributed by atoms with Gasteiger partial charge in [-0.1, -0.05) is 18.2 Å². The molecule has 3 heterocycles. The molecule has 1 aromatic carbocycles. The number of halogens is 1. The number of hydrogen-bond acceptors (Lipinski definition) is 5. The van der Waals surface area contributed by atoms with E-state index >= 15 is 0 Å². The number of methoxy groups -OCH3 is 1. The maximum absolute atomic E-state index is 14.9. The Kier molecular flexibility index (Phi) is 4.94. The van der Waals surface area contributed by atoms with Gasteiger partial charge in [0.2, 0.25) is 11.8 Å². The van der Waals surface area contributed by atoms with Crippen LogP contribution in [0.15, 0.2) is 30.3 Å². The Morgan fingerprint density at radius 3 is 3.07 bits per heavy atom. The predicted molar refractivity (Wildman–Crippen MR) is 101 cm³/mol. The zero-order valence-electron chi connectivity index (χ0n) is 15.3. The summed E-state index contributed by atoms with van der Waals surface area (Å²) in [7, 11) is 1.51. The lowest BCUT2D eigenvalue weighted by atomic mass is 10.2. The lowest BCUT2D eigenvalue weighted by Crippen LogP contribution is -2.40. The van der Waals surface area contributed by atoms with Crippen LogP contribution in [-0.2, 0) is 17.8 Å².